The smallest absolute Gasteiger partial charge is 0.0906 e. The Bertz CT molecular complexity index is 325. The van der Waals surface area contributed by atoms with Gasteiger partial charge in [-0.25, -0.2) is 0 Å². The van der Waals surface area contributed by atoms with Crippen molar-refractivity contribution in [3.63, 3.8) is 0 Å². The summed E-state index contributed by atoms with van der Waals surface area (Å²) in [6, 6.07) is 0.310. The van der Waals surface area contributed by atoms with E-state index in [1.165, 1.54) is 38.5 Å². The minimum absolute atomic E-state index is 0.0714. The molecule has 1 aliphatic heterocycles. The van der Waals surface area contributed by atoms with Gasteiger partial charge in [0.05, 0.1) is 5.60 Å². The van der Waals surface area contributed by atoms with E-state index >= 15 is 0 Å². The fraction of sp³-hybridized carbons (Fsp3) is 1.00. The lowest BCUT2D eigenvalue weighted by molar-refractivity contribution is -0.165. The Labute approximate surface area is 112 Å². The average Bonchev–Trinajstić information content (AvgIpc) is 2.65. The minimum Gasteiger partial charge on any atom is -0.387 e. The zero-order valence-corrected chi connectivity index (χ0v) is 12.3. The first kappa shape index (κ1) is 12.9. The number of hydrogen-bond acceptors (Lipinski definition) is 2. The third-order valence-electron chi connectivity index (χ3n) is 6.73. The van der Waals surface area contributed by atoms with E-state index in [-0.39, 0.29) is 10.8 Å². The molecule has 0 aromatic rings. The molecule has 104 valence electrons. The Kier molecular flexibility index (Phi) is 2.84. The Hall–Kier alpha value is -0.0800. The zero-order chi connectivity index (χ0) is 13.0. The van der Waals surface area contributed by atoms with Crippen molar-refractivity contribution in [2.45, 2.75) is 77.4 Å². The van der Waals surface area contributed by atoms with Crippen LogP contribution in [0.5, 0.6) is 0 Å². The molecule has 0 amide bonds. The van der Waals surface area contributed by atoms with Crippen LogP contribution in [0.3, 0.4) is 0 Å². The molecule has 18 heavy (non-hydrogen) atoms. The summed E-state index contributed by atoms with van der Waals surface area (Å²) in [5.74, 6) is 0.720. The van der Waals surface area contributed by atoms with Crippen LogP contribution < -0.4 is 5.32 Å². The van der Waals surface area contributed by atoms with E-state index in [0.29, 0.717) is 6.04 Å². The van der Waals surface area contributed by atoms with Crippen LogP contribution in [0.1, 0.15) is 65.7 Å². The quantitative estimate of drug-likeness (QED) is 0.750. The summed E-state index contributed by atoms with van der Waals surface area (Å²) < 4.78 is 0. The van der Waals surface area contributed by atoms with Crippen LogP contribution >= 0.6 is 0 Å². The van der Waals surface area contributed by atoms with Crippen LogP contribution in [0.2, 0.25) is 0 Å². The van der Waals surface area contributed by atoms with Gasteiger partial charge >= 0.3 is 0 Å². The van der Waals surface area contributed by atoms with E-state index in [0.717, 1.165) is 18.9 Å². The number of aliphatic hydroxyl groups is 1. The number of nitrogens with one attached hydrogen (secondary N) is 1. The lowest BCUT2D eigenvalue weighted by atomic mass is 9.57. The van der Waals surface area contributed by atoms with E-state index in [2.05, 4.69) is 26.1 Å². The number of hydrogen-bond donors (Lipinski definition) is 2. The summed E-state index contributed by atoms with van der Waals surface area (Å²) in [7, 11) is 0. The van der Waals surface area contributed by atoms with E-state index in [1.807, 2.05) is 0 Å². The van der Waals surface area contributed by atoms with Crippen molar-refractivity contribution in [3.8, 4) is 0 Å². The van der Waals surface area contributed by atoms with Crippen LogP contribution in [-0.4, -0.2) is 23.3 Å². The molecular formula is C16H29NO. The Morgan fingerprint density at radius 1 is 1.06 bits per heavy atom. The second kappa shape index (κ2) is 3.96. The van der Waals surface area contributed by atoms with Crippen LogP contribution in [0.15, 0.2) is 0 Å². The van der Waals surface area contributed by atoms with Crippen molar-refractivity contribution in [3.05, 3.63) is 0 Å². The summed E-state index contributed by atoms with van der Waals surface area (Å²) in [5.41, 5.74) is -0.293. The van der Waals surface area contributed by atoms with Gasteiger partial charge in [0.25, 0.3) is 0 Å². The molecule has 4 unspecified atom stereocenters. The standard InChI is InChI=1S/C16H29NO/c1-14(2)12-8-9-15(3,11-12)16(14,18)13-7-5-4-6-10-17-13/h12-13,17-18H,4-11H2,1-3H3. The molecule has 4 atom stereocenters. The third kappa shape index (κ3) is 1.42. The molecule has 0 aromatic carbocycles. The SMILES string of the molecule is CC12CCC(C1)C(C)(C)C2(O)C1CCCCCN1. The van der Waals surface area contributed by atoms with Gasteiger partial charge in [0.1, 0.15) is 0 Å². The predicted molar refractivity (Wildman–Crippen MR) is 74.4 cm³/mol. The van der Waals surface area contributed by atoms with Gasteiger partial charge in [0.15, 0.2) is 0 Å². The fourth-order valence-electron chi connectivity index (χ4n) is 5.55. The first-order chi connectivity index (χ1) is 8.42. The lowest BCUT2D eigenvalue weighted by Crippen LogP contribution is -2.65. The van der Waals surface area contributed by atoms with E-state index in [4.69, 9.17) is 0 Å². The molecule has 1 saturated heterocycles. The van der Waals surface area contributed by atoms with Gasteiger partial charge in [-0.3, -0.25) is 0 Å². The first-order valence-electron chi connectivity index (χ1n) is 7.88. The molecule has 1 heterocycles. The molecule has 2 nitrogen and oxygen atoms in total. The summed E-state index contributed by atoms with van der Waals surface area (Å²) in [6.45, 7) is 8.06. The van der Waals surface area contributed by atoms with Crippen LogP contribution in [0.4, 0.5) is 0 Å². The van der Waals surface area contributed by atoms with Crippen LogP contribution in [0.25, 0.3) is 0 Å². The van der Waals surface area contributed by atoms with Crippen LogP contribution in [0, 0.1) is 16.7 Å². The van der Waals surface area contributed by atoms with E-state index in [1.54, 1.807) is 0 Å². The maximum Gasteiger partial charge on any atom is 0.0906 e. The average molecular weight is 251 g/mol. The normalized spacial score (nSPS) is 51.3. The van der Waals surface area contributed by atoms with Gasteiger partial charge < -0.3 is 10.4 Å². The second-order valence-corrected chi connectivity index (χ2v) is 7.84. The summed E-state index contributed by atoms with van der Waals surface area (Å²) in [5, 5.41) is 15.3. The number of fused-ring (bicyclic) bond motifs is 2. The van der Waals surface area contributed by atoms with E-state index in [9.17, 15) is 5.11 Å². The highest BCUT2D eigenvalue weighted by Crippen LogP contribution is 2.69. The topological polar surface area (TPSA) is 32.3 Å². The van der Waals surface area contributed by atoms with Crippen molar-refractivity contribution < 1.29 is 5.11 Å². The molecule has 2 bridgehead atoms. The van der Waals surface area contributed by atoms with Gasteiger partial charge in [0, 0.05) is 6.04 Å². The van der Waals surface area contributed by atoms with Gasteiger partial charge in [-0.1, -0.05) is 33.6 Å². The van der Waals surface area contributed by atoms with E-state index < -0.39 is 5.60 Å². The fourth-order valence-corrected chi connectivity index (χ4v) is 5.55. The van der Waals surface area contributed by atoms with Gasteiger partial charge in [-0.15, -0.1) is 0 Å². The minimum atomic E-state index is -0.507. The highest BCUT2D eigenvalue weighted by Gasteiger charge is 2.70. The highest BCUT2D eigenvalue weighted by atomic mass is 16.3. The van der Waals surface area contributed by atoms with Crippen LogP contribution in [-0.2, 0) is 0 Å². The summed E-state index contributed by atoms with van der Waals surface area (Å²) in [6.07, 6.45) is 8.79. The molecule has 2 saturated carbocycles. The Balaban J connectivity index is 1.96. The highest BCUT2D eigenvalue weighted by molar-refractivity contribution is 5.21. The molecule has 2 N–H and O–H groups in total. The molecule has 2 aliphatic carbocycles. The maximum absolute atomic E-state index is 11.7. The van der Waals surface area contributed by atoms with Crippen molar-refractivity contribution in [1.82, 2.24) is 5.32 Å². The number of rotatable bonds is 1. The van der Waals surface area contributed by atoms with Crippen molar-refractivity contribution in [1.29, 1.82) is 0 Å². The molecule has 0 aromatic heterocycles. The van der Waals surface area contributed by atoms with Crippen molar-refractivity contribution in [2.24, 2.45) is 16.7 Å². The molecular weight excluding hydrogens is 222 g/mol. The molecule has 0 spiro atoms. The molecule has 3 aliphatic rings. The largest absolute Gasteiger partial charge is 0.387 e. The Morgan fingerprint density at radius 3 is 2.50 bits per heavy atom. The monoisotopic (exact) mass is 251 g/mol. The first-order valence-corrected chi connectivity index (χ1v) is 7.88. The summed E-state index contributed by atoms with van der Waals surface area (Å²) in [4.78, 5) is 0. The molecule has 2 heteroatoms. The third-order valence-corrected chi connectivity index (χ3v) is 6.73. The van der Waals surface area contributed by atoms with Crippen molar-refractivity contribution in [2.75, 3.05) is 6.54 Å². The van der Waals surface area contributed by atoms with Gasteiger partial charge in [-0.05, 0) is 55.4 Å². The maximum atomic E-state index is 11.7. The molecule has 3 fully saturated rings. The lowest BCUT2D eigenvalue weighted by Gasteiger charge is -2.55. The van der Waals surface area contributed by atoms with Crippen molar-refractivity contribution >= 4 is 0 Å². The molecule has 0 radical (unpaired) electrons. The molecule has 3 rings (SSSR count). The second-order valence-electron chi connectivity index (χ2n) is 7.84. The zero-order valence-electron chi connectivity index (χ0n) is 12.3. The summed E-state index contributed by atoms with van der Waals surface area (Å²) >= 11 is 0. The Morgan fingerprint density at radius 2 is 1.83 bits per heavy atom. The van der Waals surface area contributed by atoms with Gasteiger partial charge in [-0.2, -0.15) is 0 Å². The van der Waals surface area contributed by atoms with Gasteiger partial charge in [0.2, 0.25) is 0 Å². The predicted octanol–water partition coefficient (Wildman–Crippen LogP) is 3.10.